The monoisotopic (exact) mass is 262 g/mol. The second-order valence-electron chi connectivity index (χ2n) is 2.85. The molecular formula is C9H12ClN2O3P. The van der Waals surface area contributed by atoms with Gasteiger partial charge in [-0.15, -0.1) is 0 Å². The first-order valence-electron chi connectivity index (χ1n) is 4.58. The van der Waals surface area contributed by atoms with Crippen LogP contribution in [-0.2, 0) is 9.09 Å². The molecule has 0 aromatic heterocycles. The van der Waals surface area contributed by atoms with Gasteiger partial charge in [-0.3, -0.25) is 0 Å². The van der Waals surface area contributed by atoms with Gasteiger partial charge in [0.25, 0.3) is 0 Å². The Hall–Kier alpha value is -1.03. The van der Waals surface area contributed by atoms with E-state index in [0.29, 0.717) is 5.69 Å². The number of hydrogen-bond acceptors (Lipinski definition) is 3. The molecule has 1 aromatic rings. The lowest BCUT2D eigenvalue weighted by Crippen LogP contribution is -2.32. The first kappa shape index (κ1) is 13.0. The fraction of sp³-hybridized carbons (Fsp3) is 0.222. The van der Waals surface area contributed by atoms with E-state index >= 15 is 0 Å². The molecule has 16 heavy (non-hydrogen) atoms. The van der Waals surface area contributed by atoms with Gasteiger partial charge in [0.15, 0.2) is 0 Å². The van der Waals surface area contributed by atoms with Crippen LogP contribution < -0.4 is 10.4 Å². The van der Waals surface area contributed by atoms with Crippen molar-refractivity contribution in [1.82, 2.24) is 0 Å². The summed E-state index contributed by atoms with van der Waals surface area (Å²) >= 11 is 5.69. The summed E-state index contributed by atoms with van der Waals surface area (Å²) in [7, 11) is 0. The van der Waals surface area contributed by atoms with Gasteiger partial charge in [-0.25, -0.2) is 14.0 Å². The second-order valence-corrected chi connectivity index (χ2v) is 5.70. The van der Waals surface area contributed by atoms with Gasteiger partial charge in [0.05, 0.1) is 12.3 Å². The highest BCUT2D eigenvalue weighted by Gasteiger charge is 2.33. The highest BCUT2D eigenvalue weighted by atomic mass is 35.7. The molecule has 0 radical (unpaired) electrons. The summed E-state index contributed by atoms with van der Waals surface area (Å²) < 4.78 is 17.5. The minimum atomic E-state index is -3.75. The molecule has 7 heteroatoms. The van der Waals surface area contributed by atoms with Gasteiger partial charge in [0, 0.05) is 0 Å². The van der Waals surface area contributed by atoms with Gasteiger partial charge in [-0.1, -0.05) is 18.2 Å². The van der Waals surface area contributed by atoms with Gasteiger partial charge in [0.2, 0.25) is 0 Å². The Kier molecular flexibility index (Phi) is 4.35. The molecule has 1 aromatic carbocycles. The second kappa shape index (κ2) is 5.34. The molecule has 1 unspecified atom stereocenters. The minimum Gasteiger partial charge on any atom is -0.351 e. The molecular weight excluding hydrogens is 251 g/mol. The number of carbonyl (C=O) groups is 1. The van der Waals surface area contributed by atoms with Crippen LogP contribution in [0.25, 0.3) is 0 Å². The third-order valence-electron chi connectivity index (χ3n) is 1.74. The molecule has 0 aliphatic carbocycles. The van der Waals surface area contributed by atoms with Crippen LogP contribution in [-0.4, -0.2) is 12.6 Å². The molecule has 0 aliphatic rings. The van der Waals surface area contributed by atoms with E-state index in [9.17, 15) is 9.36 Å². The van der Waals surface area contributed by atoms with E-state index in [1.54, 1.807) is 37.3 Å². The van der Waals surface area contributed by atoms with Crippen molar-refractivity contribution in [3.8, 4) is 0 Å². The topological polar surface area (TPSA) is 72.6 Å². The number of hydrogen-bond donors (Lipinski definition) is 1. The predicted molar refractivity (Wildman–Crippen MR) is 63.6 cm³/mol. The molecule has 0 aliphatic heterocycles. The van der Waals surface area contributed by atoms with Crippen LogP contribution in [0, 0.1) is 0 Å². The summed E-state index contributed by atoms with van der Waals surface area (Å²) in [5.74, 6) is 0. The zero-order valence-corrected chi connectivity index (χ0v) is 10.3. The lowest BCUT2D eigenvalue weighted by Gasteiger charge is -2.24. The Morgan fingerprint density at radius 2 is 2.06 bits per heavy atom. The van der Waals surface area contributed by atoms with E-state index in [1.165, 1.54) is 0 Å². The Morgan fingerprint density at radius 3 is 2.50 bits per heavy atom. The Labute approximate surface area is 98.4 Å². The largest absolute Gasteiger partial charge is 0.396 e. The molecule has 0 saturated carbocycles. The summed E-state index contributed by atoms with van der Waals surface area (Å²) in [5.41, 5.74) is 5.47. The molecule has 5 nitrogen and oxygen atoms in total. The maximum Gasteiger partial charge on any atom is 0.396 e. The zero-order valence-electron chi connectivity index (χ0n) is 8.67. The number of anilines is 1. The fourth-order valence-corrected chi connectivity index (χ4v) is 3.03. The number of rotatable bonds is 4. The number of amides is 2. The third-order valence-corrected chi connectivity index (χ3v) is 3.97. The lowest BCUT2D eigenvalue weighted by atomic mass is 10.3. The van der Waals surface area contributed by atoms with Crippen LogP contribution in [0.2, 0.25) is 0 Å². The number of primary amides is 1. The first-order chi connectivity index (χ1) is 7.49. The molecule has 0 spiro atoms. The third kappa shape index (κ3) is 2.98. The van der Waals surface area contributed by atoms with E-state index < -0.39 is 12.9 Å². The molecule has 2 amide bonds. The summed E-state index contributed by atoms with van der Waals surface area (Å²) in [6, 6.07) is 7.32. The maximum absolute atomic E-state index is 11.9. The van der Waals surface area contributed by atoms with Gasteiger partial charge in [0.1, 0.15) is 0 Å². The molecule has 0 fully saturated rings. The summed E-state index contributed by atoms with van der Waals surface area (Å²) in [5, 5.41) is 0. The zero-order chi connectivity index (χ0) is 12.2. The van der Waals surface area contributed by atoms with Crippen molar-refractivity contribution in [3.63, 3.8) is 0 Å². The van der Waals surface area contributed by atoms with Gasteiger partial charge < -0.3 is 10.3 Å². The van der Waals surface area contributed by atoms with Crippen LogP contribution in [0.15, 0.2) is 30.3 Å². The molecule has 1 rings (SSSR count). The molecule has 1 atom stereocenters. The quantitative estimate of drug-likeness (QED) is 0.848. The lowest BCUT2D eigenvalue weighted by molar-refractivity contribution is 0.255. The Morgan fingerprint density at radius 1 is 1.50 bits per heavy atom. The molecule has 0 saturated heterocycles. The van der Waals surface area contributed by atoms with E-state index in [-0.39, 0.29) is 6.61 Å². The number of nitrogens with two attached hydrogens (primary N) is 1. The van der Waals surface area contributed by atoms with E-state index in [2.05, 4.69) is 0 Å². The number of nitrogens with zero attached hydrogens (tertiary/aromatic N) is 1. The van der Waals surface area contributed by atoms with Crippen LogP contribution >= 0.6 is 18.1 Å². The van der Waals surface area contributed by atoms with Crippen molar-refractivity contribution in [1.29, 1.82) is 0 Å². The first-order valence-corrected chi connectivity index (χ1v) is 7.06. The van der Waals surface area contributed by atoms with Crippen molar-refractivity contribution >= 4 is 29.8 Å². The van der Waals surface area contributed by atoms with Crippen LogP contribution in [0.4, 0.5) is 10.5 Å². The van der Waals surface area contributed by atoms with Crippen molar-refractivity contribution in [3.05, 3.63) is 30.3 Å². The number of halogens is 1. The Bertz CT molecular complexity index is 412. The predicted octanol–water partition coefficient (Wildman–Crippen LogP) is 2.96. The SMILES string of the molecule is CCOP(=O)(Cl)N(C(N)=O)c1ccccc1. The van der Waals surface area contributed by atoms with Gasteiger partial charge in [-0.2, -0.15) is 0 Å². The van der Waals surface area contributed by atoms with Crippen LogP contribution in [0.1, 0.15) is 6.92 Å². The molecule has 0 heterocycles. The number of urea groups is 1. The van der Waals surface area contributed by atoms with E-state index in [4.69, 9.17) is 21.5 Å². The van der Waals surface area contributed by atoms with Crippen LogP contribution in [0.3, 0.4) is 0 Å². The summed E-state index contributed by atoms with van der Waals surface area (Å²) in [6.45, 7) is -2.00. The fourth-order valence-electron chi connectivity index (χ4n) is 1.17. The summed E-state index contributed by atoms with van der Waals surface area (Å²) in [4.78, 5) is 11.2. The molecule has 0 bridgehead atoms. The number of benzene rings is 1. The van der Waals surface area contributed by atoms with E-state index in [1.807, 2.05) is 0 Å². The van der Waals surface area contributed by atoms with E-state index in [0.717, 1.165) is 4.67 Å². The number of carbonyl (C=O) groups excluding carboxylic acids is 1. The highest BCUT2D eigenvalue weighted by molar-refractivity contribution is 7.87. The molecule has 2 N–H and O–H groups in total. The maximum atomic E-state index is 11.9. The average Bonchev–Trinajstić information content (AvgIpc) is 2.17. The standard InChI is InChI=1S/C9H12ClN2O3P/c1-2-15-16(10,14)12(9(11)13)8-6-4-3-5-7-8/h3-7H,2H2,1H3,(H2,11,13). The van der Waals surface area contributed by atoms with Gasteiger partial charge >= 0.3 is 12.9 Å². The van der Waals surface area contributed by atoms with Crippen molar-refractivity contribution in [2.75, 3.05) is 11.3 Å². The van der Waals surface area contributed by atoms with Crippen molar-refractivity contribution < 1.29 is 13.9 Å². The average molecular weight is 263 g/mol. The van der Waals surface area contributed by atoms with Crippen LogP contribution in [0.5, 0.6) is 0 Å². The molecule has 88 valence electrons. The van der Waals surface area contributed by atoms with Crippen molar-refractivity contribution in [2.45, 2.75) is 6.92 Å². The number of para-hydroxylation sites is 1. The normalized spacial score (nSPS) is 14.1. The minimum absolute atomic E-state index is 0.122. The van der Waals surface area contributed by atoms with Crippen molar-refractivity contribution in [2.24, 2.45) is 5.73 Å². The Balaban J connectivity index is 3.11. The van der Waals surface area contributed by atoms with Gasteiger partial charge in [-0.05, 0) is 30.3 Å². The summed E-state index contributed by atoms with van der Waals surface area (Å²) in [6.07, 6.45) is 0. The highest BCUT2D eigenvalue weighted by Crippen LogP contribution is 2.57. The smallest absolute Gasteiger partial charge is 0.351 e.